The van der Waals surface area contributed by atoms with Crippen LogP contribution in [0.2, 0.25) is 0 Å². The average Bonchev–Trinajstić information content (AvgIpc) is 3.67. The highest BCUT2D eigenvalue weighted by atomic mass is 19.4. The number of imidazole rings is 1. The van der Waals surface area contributed by atoms with Crippen LogP contribution < -0.4 is 11.1 Å². The number of anilines is 1. The number of nitrogens with zero attached hydrogens (tertiary/aromatic N) is 5. The van der Waals surface area contributed by atoms with Crippen molar-refractivity contribution in [1.82, 2.24) is 29.6 Å². The molecule has 5 heterocycles. The van der Waals surface area contributed by atoms with Crippen molar-refractivity contribution >= 4 is 23.0 Å². The van der Waals surface area contributed by atoms with Crippen LogP contribution in [0.1, 0.15) is 46.8 Å². The number of pyridine rings is 1. The maximum absolute atomic E-state index is 13.1. The number of halogens is 3. The molecular formula is C29H24F3N7O2. The number of alkyl halides is 3. The number of hydrogen-bond donors (Lipinski definition) is 2. The standard InChI is InChI=1S/C29H24F3N7O2/c1-2-3-23(41)39-20-14-21(36-15-20)25(39)28-37-24(26-27(33)35-10-11-38(26)28)17-6-4-16(5-7-17)22(40)13-19-12-18(8-9-34-19)29(30,31)32/h4-12,20-21,25,36H,13-15H2,1H3,(H2,33,35)/t20?,21-,25?/m0/s1. The number of likely N-dealkylation sites (tertiary alicyclic amines) is 1. The number of nitrogen functional groups attached to an aromatic ring is 1. The number of nitrogens with one attached hydrogen (secondary N) is 1. The van der Waals surface area contributed by atoms with E-state index in [1.807, 2.05) is 4.40 Å². The third-order valence-electron chi connectivity index (χ3n) is 7.52. The molecule has 2 saturated heterocycles. The Morgan fingerprint density at radius 1 is 1.15 bits per heavy atom. The number of ketones is 1. The lowest BCUT2D eigenvalue weighted by molar-refractivity contribution is -0.137. The summed E-state index contributed by atoms with van der Waals surface area (Å²) in [5, 5.41) is 3.46. The first-order valence-corrected chi connectivity index (χ1v) is 12.9. The summed E-state index contributed by atoms with van der Waals surface area (Å²) in [5.41, 5.74) is 7.54. The van der Waals surface area contributed by atoms with Crippen molar-refractivity contribution in [2.75, 3.05) is 12.3 Å². The minimum Gasteiger partial charge on any atom is -0.382 e. The fourth-order valence-corrected chi connectivity index (χ4v) is 5.72. The van der Waals surface area contributed by atoms with Gasteiger partial charge in [0.25, 0.3) is 5.91 Å². The molecule has 208 valence electrons. The van der Waals surface area contributed by atoms with Crippen molar-refractivity contribution < 1.29 is 22.8 Å². The third kappa shape index (κ3) is 4.68. The van der Waals surface area contributed by atoms with E-state index in [2.05, 4.69) is 27.1 Å². The summed E-state index contributed by atoms with van der Waals surface area (Å²) in [7, 11) is 0. The molecule has 1 amide bonds. The molecule has 2 aliphatic heterocycles. The molecule has 0 saturated carbocycles. The van der Waals surface area contributed by atoms with E-state index in [0.29, 0.717) is 34.7 Å². The van der Waals surface area contributed by atoms with Gasteiger partial charge in [-0.1, -0.05) is 30.2 Å². The average molecular weight is 560 g/mol. The maximum Gasteiger partial charge on any atom is 0.416 e. The second-order valence-electron chi connectivity index (χ2n) is 10.00. The van der Waals surface area contributed by atoms with Crippen molar-refractivity contribution in [3.63, 3.8) is 0 Å². The summed E-state index contributed by atoms with van der Waals surface area (Å²) in [4.78, 5) is 40.7. The molecule has 9 nitrogen and oxygen atoms in total. The molecule has 0 aliphatic carbocycles. The number of hydrogen-bond acceptors (Lipinski definition) is 7. The molecule has 2 fully saturated rings. The van der Waals surface area contributed by atoms with Gasteiger partial charge < -0.3 is 16.0 Å². The van der Waals surface area contributed by atoms with Crippen LogP contribution in [0.15, 0.2) is 55.0 Å². The van der Waals surface area contributed by atoms with Crippen LogP contribution in [-0.2, 0) is 17.4 Å². The Hall–Kier alpha value is -4.76. The quantitative estimate of drug-likeness (QED) is 0.284. The summed E-state index contributed by atoms with van der Waals surface area (Å²) in [6, 6.07) is 7.97. The molecule has 1 aromatic carbocycles. The Bertz CT molecular complexity index is 1740. The first-order valence-electron chi connectivity index (χ1n) is 12.9. The van der Waals surface area contributed by atoms with E-state index in [9.17, 15) is 22.8 Å². The highest BCUT2D eigenvalue weighted by Gasteiger charge is 2.50. The number of carbonyl (C=O) groups excluding carboxylic acids is 2. The van der Waals surface area contributed by atoms with Crippen molar-refractivity contribution in [1.29, 1.82) is 0 Å². The predicted molar refractivity (Wildman–Crippen MR) is 143 cm³/mol. The number of aromatic nitrogens is 4. The second kappa shape index (κ2) is 10.0. The first kappa shape index (κ1) is 26.5. The molecule has 0 spiro atoms. The summed E-state index contributed by atoms with van der Waals surface area (Å²) >= 11 is 0. The smallest absolute Gasteiger partial charge is 0.382 e. The van der Waals surface area contributed by atoms with E-state index in [0.717, 1.165) is 24.8 Å². The zero-order chi connectivity index (χ0) is 28.9. The molecule has 4 aromatic rings. The van der Waals surface area contributed by atoms with Crippen LogP contribution in [0.4, 0.5) is 19.0 Å². The van der Waals surface area contributed by atoms with Crippen LogP contribution in [0.25, 0.3) is 16.8 Å². The Morgan fingerprint density at radius 2 is 1.93 bits per heavy atom. The SMILES string of the molecule is CC#CC(=O)N1C2CN[C@@H](C2)C1c1nc(-c2ccc(C(=O)Cc3cc(C(F)(F)F)ccn3)cc2)c2c(N)nccn12. The van der Waals surface area contributed by atoms with Gasteiger partial charge in [0.15, 0.2) is 5.78 Å². The van der Waals surface area contributed by atoms with Gasteiger partial charge in [-0.3, -0.25) is 19.0 Å². The van der Waals surface area contributed by atoms with Crippen molar-refractivity contribution in [3.8, 4) is 23.1 Å². The van der Waals surface area contributed by atoms with E-state index < -0.39 is 11.7 Å². The van der Waals surface area contributed by atoms with Gasteiger partial charge in [0, 0.05) is 54.0 Å². The van der Waals surface area contributed by atoms with Gasteiger partial charge in [-0.2, -0.15) is 13.2 Å². The lowest BCUT2D eigenvalue weighted by Gasteiger charge is -2.33. The monoisotopic (exact) mass is 559 g/mol. The van der Waals surface area contributed by atoms with Crippen molar-refractivity contribution in [2.45, 2.75) is 44.1 Å². The van der Waals surface area contributed by atoms with Crippen LogP contribution in [0.5, 0.6) is 0 Å². The van der Waals surface area contributed by atoms with Crippen LogP contribution in [-0.4, -0.2) is 54.6 Å². The maximum atomic E-state index is 13.1. The van der Waals surface area contributed by atoms with Gasteiger partial charge in [0.1, 0.15) is 28.9 Å². The molecule has 41 heavy (non-hydrogen) atoms. The Kier molecular flexibility index (Phi) is 6.46. The van der Waals surface area contributed by atoms with Gasteiger partial charge >= 0.3 is 6.18 Å². The highest BCUT2D eigenvalue weighted by Crippen LogP contribution is 2.41. The second-order valence-corrected chi connectivity index (χ2v) is 10.00. The van der Waals surface area contributed by atoms with Crippen LogP contribution >= 0.6 is 0 Å². The molecule has 2 unspecified atom stereocenters. The lowest BCUT2D eigenvalue weighted by Crippen LogP contribution is -2.49. The number of carbonyl (C=O) groups is 2. The zero-order valence-corrected chi connectivity index (χ0v) is 21.8. The summed E-state index contributed by atoms with van der Waals surface area (Å²) in [6.07, 6.45) is 0.345. The van der Waals surface area contributed by atoms with Crippen molar-refractivity contribution in [3.05, 3.63) is 77.6 Å². The topological polar surface area (TPSA) is 119 Å². The molecule has 0 radical (unpaired) electrons. The summed E-state index contributed by atoms with van der Waals surface area (Å²) in [6.45, 7) is 2.31. The number of Topliss-reactive ketones (excluding diaryl/α,β-unsaturated/α-hetero) is 1. The minimum absolute atomic E-state index is 0.0000915. The normalized spacial score (nSPS) is 19.8. The molecule has 3 atom stereocenters. The number of fused-ring (bicyclic) bond motifs is 3. The number of amides is 1. The number of benzene rings is 1. The third-order valence-corrected chi connectivity index (χ3v) is 7.52. The Balaban J connectivity index is 1.33. The van der Waals surface area contributed by atoms with Crippen molar-refractivity contribution in [2.24, 2.45) is 0 Å². The van der Waals surface area contributed by atoms with Gasteiger partial charge in [-0.25, -0.2) is 9.97 Å². The molecule has 3 N–H and O–H groups in total. The Morgan fingerprint density at radius 3 is 2.66 bits per heavy atom. The number of rotatable bonds is 5. The van der Waals surface area contributed by atoms with Gasteiger partial charge in [0.05, 0.1) is 12.0 Å². The van der Waals surface area contributed by atoms with E-state index in [1.165, 1.54) is 0 Å². The van der Waals surface area contributed by atoms with Crippen LogP contribution in [0.3, 0.4) is 0 Å². The van der Waals surface area contributed by atoms with Gasteiger partial charge in [-0.05, 0) is 31.4 Å². The Labute approximate surface area is 232 Å². The molecule has 6 rings (SSSR count). The minimum atomic E-state index is -4.52. The van der Waals surface area contributed by atoms with E-state index in [1.54, 1.807) is 48.5 Å². The molecular weight excluding hydrogens is 535 g/mol. The molecule has 2 aliphatic rings. The number of piperazine rings is 1. The summed E-state index contributed by atoms with van der Waals surface area (Å²) < 4.78 is 41.0. The predicted octanol–water partition coefficient (Wildman–Crippen LogP) is 3.45. The molecule has 2 bridgehead atoms. The first-order chi connectivity index (χ1) is 19.7. The zero-order valence-electron chi connectivity index (χ0n) is 21.8. The summed E-state index contributed by atoms with van der Waals surface area (Å²) in [5.74, 6) is 5.58. The van der Waals surface area contributed by atoms with Crippen LogP contribution in [0, 0.1) is 11.8 Å². The molecule has 3 aromatic heterocycles. The number of nitrogens with two attached hydrogens (primary N) is 1. The van der Waals surface area contributed by atoms with Gasteiger partial charge in [-0.15, -0.1) is 0 Å². The highest BCUT2D eigenvalue weighted by molar-refractivity contribution is 5.98. The van der Waals surface area contributed by atoms with E-state index in [-0.39, 0.29) is 47.7 Å². The van der Waals surface area contributed by atoms with Gasteiger partial charge in [0.2, 0.25) is 0 Å². The largest absolute Gasteiger partial charge is 0.416 e. The van der Waals surface area contributed by atoms with E-state index in [4.69, 9.17) is 10.7 Å². The molecule has 12 heteroatoms. The lowest BCUT2D eigenvalue weighted by atomic mass is 10.0. The fourth-order valence-electron chi connectivity index (χ4n) is 5.72. The fraction of sp³-hybridized carbons (Fsp3) is 0.276. The van der Waals surface area contributed by atoms with E-state index >= 15 is 0 Å².